The quantitative estimate of drug-likeness (QED) is 0.741. The first-order valence-corrected chi connectivity index (χ1v) is 4.79. The first kappa shape index (κ1) is 9.86. The Morgan fingerprint density at radius 3 is 2.93 bits per heavy atom. The number of hydrogen-bond donors (Lipinski definition) is 0. The van der Waals surface area contributed by atoms with Gasteiger partial charge in [0.25, 0.3) is 0 Å². The summed E-state index contributed by atoms with van der Waals surface area (Å²) in [6, 6.07) is 7.28. The van der Waals surface area contributed by atoms with Gasteiger partial charge in [0.1, 0.15) is 6.29 Å². The summed E-state index contributed by atoms with van der Waals surface area (Å²) in [5.41, 5.74) is 1.45. The SMILES string of the molecule is O=CCc1cnnn1-c1ccccc1Cl. The van der Waals surface area contributed by atoms with Gasteiger partial charge in [0.15, 0.2) is 0 Å². The van der Waals surface area contributed by atoms with Crippen LogP contribution in [0, 0.1) is 0 Å². The zero-order valence-electron chi connectivity index (χ0n) is 7.80. The Labute approximate surface area is 91.5 Å². The van der Waals surface area contributed by atoms with Crippen LogP contribution in [0.1, 0.15) is 5.69 Å². The van der Waals surface area contributed by atoms with Crippen molar-refractivity contribution in [1.29, 1.82) is 0 Å². The van der Waals surface area contributed by atoms with E-state index in [9.17, 15) is 4.79 Å². The molecule has 0 amide bonds. The summed E-state index contributed by atoms with van der Waals surface area (Å²) in [5, 5.41) is 8.22. The number of aromatic nitrogens is 3. The molecule has 0 aliphatic rings. The minimum Gasteiger partial charge on any atom is -0.303 e. The van der Waals surface area contributed by atoms with E-state index in [0.29, 0.717) is 5.02 Å². The molecule has 0 N–H and O–H groups in total. The second kappa shape index (κ2) is 4.23. The van der Waals surface area contributed by atoms with E-state index in [1.165, 1.54) is 0 Å². The summed E-state index contributed by atoms with van der Waals surface area (Å²) >= 11 is 6.01. The van der Waals surface area contributed by atoms with E-state index in [4.69, 9.17) is 11.6 Å². The van der Waals surface area contributed by atoms with E-state index in [1.54, 1.807) is 16.9 Å². The lowest BCUT2D eigenvalue weighted by atomic mass is 10.3. The first-order chi connectivity index (χ1) is 7.33. The number of benzene rings is 1. The van der Waals surface area contributed by atoms with Crippen molar-refractivity contribution in [2.24, 2.45) is 0 Å². The highest BCUT2D eigenvalue weighted by molar-refractivity contribution is 6.32. The first-order valence-electron chi connectivity index (χ1n) is 4.41. The van der Waals surface area contributed by atoms with Crippen molar-refractivity contribution in [1.82, 2.24) is 15.0 Å². The average Bonchev–Trinajstić information content (AvgIpc) is 2.67. The van der Waals surface area contributed by atoms with Gasteiger partial charge >= 0.3 is 0 Å². The molecule has 1 aromatic carbocycles. The Bertz CT molecular complexity index is 481. The predicted molar refractivity (Wildman–Crippen MR) is 56.1 cm³/mol. The second-order valence-corrected chi connectivity index (χ2v) is 3.37. The van der Waals surface area contributed by atoms with Crippen LogP contribution in [0.25, 0.3) is 5.69 Å². The molecule has 2 aromatic rings. The van der Waals surface area contributed by atoms with Gasteiger partial charge in [-0.2, -0.15) is 0 Å². The molecule has 1 heterocycles. The van der Waals surface area contributed by atoms with Crippen molar-refractivity contribution < 1.29 is 4.79 Å². The fourth-order valence-electron chi connectivity index (χ4n) is 1.31. The molecule has 0 saturated heterocycles. The number of rotatable bonds is 3. The summed E-state index contributed by atoms with van der Waals surface area (Å²) < 4.78 is 1.57. The molecule has 4 nitrogen and oxygen atoms in total. The summed E-state index contributed by atoms with van der Waals surface area (Å²) in [6.45, 7) is 0. The Morgan fingerprint density at radius 1 is 1.40 bits per heavy atom. The molecule has 0 aliphatic carbocycles. The number of aldehydes is 1. The number of halogens is 1. The van der Waals surface area contributed by atoms with E-state index in [-0.39, 0.29) is 6.42 Å². The van der Waals surface area contributed by atoms with Gasteiger partial charge in [0.2, 0.25) is 0 Å². The van der Waals surface area contributed by atoms with Gasteiger partial charge in [-0.25, -0.2) is 4.68 Å². The zero-order valence-corrected chi connectivity index (χ0v) is 8.55. The number of para-hydroxylation sites is 1. The van der Waals surface area contributed by atoms with Crippen molar-refractivity contribution in [3.63, 3.8) is 0 Å². The average molecular weight is 222 g/mol. The molecule has 0 unspecified atom stereocenters. The van der Waals surface area contributed by atoms with Crippen LogP contribution in [0.15, 0.2) is 30.5 Å². The molecule has 0 saturated carbocycles. The minimum atomic E-state index is 0.276. The molecular formula is C10H8ClN3O. The number of carbonyl (C=O) groups excluding carboxylic acids is 1. The highest BCUT2D eigenvalue weighted by Crippen LogP contribution is 2.19. The molecule has 0 spiro atoms. The minimum absolute atomic E-state index is 0.276. The maximum atomic E-state index is 10.4. The summed E-state index contributed by atoms with van der Waals surface area (Å²) in [6.07, 6.45) is 2.64. The Kier molecular flexibility index (Phi) is 2.78. The molecule has 15 heavy (non-hydrogen) atoms. The predicted octanol–water partition coefficient (Wildman–Crippen LogP) is 1.66. The summed E-state index contributed by atoms with van der Waals surface area (Å²) in [4.78, 5) is 10.4. The zero-order chi connectivity index (χ0) is 10.7. The Hall–Kier alpha value is -1.68. The molecule has 0 aliphatic heterocycles. The third-order valence-electron chi connectivity index (χ3n) is 1.99. The fourth-order valence-corrected chi connectivity index (χ4v) is 1.52. The van der Waals surface area contributed by atoms with E-state index < -0.39 is 0 Å². The Morgan fingerprint density at radius 2 is 2.20 bits per heavy atom. The maximum absolute atomic E-state index is 10.4. The largest absolute Gasteiger partial charge is 0.303 e. The lowest BCUT2D eigenvalue weighted by Crippen LogP contribution is -2.03. The Balaban J connectivity index is 2.49. The van der Waals surface area contributed by atoms with E-state index in [1.807, 2.05) is 18.2 Å². The molecular weight excluding hydrogens is 214 g/mol. The molecule has 76 valence electrons. The molecule has 1 aromatic heterocycles. The number of nitrogens with zero attached hydrogens (tertiary/aromatic N) is 3. The van der Waals surface area contributed by atoms with Gasteiger partial charge in [-0.3, -0.25) is 0 Å². The standard InChI is InChI=1S/C10H8ClN3O/c11-9-3-1-2-4-10(9)14-8(5-6-15)7-12-13-14/h1-4,6-7H,5H2. The second-order valence-electron chi connectivity index (χ2n) is 2.96. The van der Waals surface area contributed by atoms with Crippen molar-refractivity contribution in [3.05, 3.63) is 41.2 Å². The van der Waals surface area contributed by atoms with E-state index in [2.05, 4.69) is 10.3 Å². The fraction of sp³-hybridized carbons (Fsp3) is 0.100. The number of hydrogen-bond acceptors (Lipinski definition) is 3. The van der Waals surface area contributed by atoms with Gasteiger partial charge in [0, 0.05) is 6.42 Å². The number of carbonyl (C=O) groups is 1. The van der Waals surface area contributed by atoms with Crippen molar-refractivity contribution in [2.75, 3.05) is 0 Å². The van der Waals surface area contributed by atoms with Gasteiger partial charge in [-0.15, -0.1) is 5.10 Å². The molecule has 0 bridgehead atoms. The van der Waals surface area contributed by atoms with Crippen LogP contribution in [-0.2, 0) is 11.2 Å². The van der Waals surface area contributed by atoms with Crippen LogP contribution in [0.4, 0.5) is 0 Å². The van der Waals surface area contributed by atoms with Crippen molar-refractivity contribution >= 4 is 17.9 Å². The van der Waals surface area contributed by atoms with Gasteiger partial charge in [-0.1, -0.05) is 28.9 Å². The third-order valence-corrected chi connectivity index (χ3v) is 2.31. The van der Waals surface area contributed by atoms with Crippen LogP contribution in [0.3, 0.4) is 0 Å². The van der Waals surface area contributed by atoms with Gasteiger partial charge in [0.05, 0.1) is 22.6 Å². The van der Waals surface area contributed by atoms with Crippen LogP contribution in [-0.4, -0.2) is 21.3 Å². The monoisotopic (exact) mass is 221 g/mol. The van der Waals surface area contributed by atoms with Crippen LogP contribution in [0.5, 0.6) is 0 Å². The van der Waals surface area contributed by atoms with E-state index >= 15 is 0 Å². The van der Waals surface area contributed by atoms with Gasteiger partial charge < -0.3 is 4.79 Å². The van der Waals surface area contributed by atoms with Crippen molar-refractivity contribution in [2.45, 2.75) is 6.42 Å². The van der Waals surface area contributed by atoms with Crippen molar-refractivity contribution in [3.8, 4) is 5.69 Å². The van der Waals surface area contributed by atoms with Gasteiger partial charge in [-0.05, 0) is 12.1 Å². The lowest BCUT2D eigenvalue weighted by molar-refractivity contribution is -0.107. The van der Waals surface area contributed by atoms with E-state index in [0.717, 1.165) is 17.7 Å². The molecule has 2 rings (SSSR count). The highest BCUT2D eigenvalue weighted by atomic mass is 35.5. The molecule has 0 atom stereocenters. The topological polar surface area (TPSA) is 47.8 Å². The van der Waals surface area contributed by atoms with Crippen LogP contribution < -0.4 is 0 Å². The lowest BCUT2D eigenvalue weighted by Gasteiger charge is -2.05. The highest BCUT2D eigenvalue weighted by Gasteiger charge is 2.08. The molecule has 5 heteroatoms. The van der Waals surface area contributed by atoms with Crippen LogP contribution in [0.2, 0.25) is 5.02 Å². The third kappa shape index (κ3) is 1.89. The molecule has 0 fully saturated rings. The smallest absolute Gasteiger partial charge is 0.126 e. The molecule has 0 radical (unpaired) electrons. The summed E-state index contributed by atoms with van der Waals surface area (Å²) in [7, 11) is 0. The maximum Gasteiger partial charge on any atom is 0.126 e. The summed E-state index contributed by atoms with van der Waals surface area (Å²) in [5.74, 6) is 0. The van der Waals surface area contributed by atoms with Crippen LogP contribution >= 0.6 is 11.6 Å². The normalized spacial score (nSPS) is 10.2.